The van der Waals surface area contributed by atoms with Gasteiger partial charge in [0.2, 0.25) is 0 Å². The molecule has 2 rings (SSSR count). The van der Waals surface area contributed by atoms with Gasteiger partial charge in [-0.15, -0.1) is 0 Å². The van der Waals surface area contributed by atoms with Gasteiger partial charge in [0, 0.05) is 39.1 Å². The fraction of sp³-hybridized carbons (Fsp3) is 0.750. The van der Waals surface area contributed by atoms with Gasteiger partial charge in [-0.3, -0.25) is 4.99 Å². The van der Waals surface area contributed by atoms with Gasteiger partial charge in [0.25, 0.3) is 0 Å². The number of piperidine rings is 1. The molecule has 0 amide bonds. The minimum atomic E-state index is 0.876. The molecule has 1 N–H and O–H groups in total. The van der Waals surface area contributed by atoms with Crippen molar-refractivity contribution in [3.8, 4) is 0 Å². The van der Waals surface area contributed by atoms with Crippen LogP contribution in [0.25, 0.3) is 0 Å². The molecule has 2 heterocycles. The molecule has 1 saturated heterocycles. The van der Waals surface area contributed by atoms with Crippen molar-refractivity contribution in [2.45, 2.75) is 46.1 Å². The van der Waals surface area contributed by atoms with Gasteiger partial charge < -0.3 is 19.7 Å². The first-order valence-corrected chi connectivity index (χ1v) is 9.92. The monoisotopic (exact) mass is 347 g/mol. The Morgan fingerprint density at radius 2 is 2.08 bits per heavy atom. The van der Waals surface area contributed by atoms with Crippen LogP contribution in [-0.2, 0) is 13.6 Å². The predicted molar refractivity (Wildman–Crippen MR) is 107 cm³/mol. The number of nitrogens with one attached hydrogen (secondary N) is 1. The molecule has 25 heavy (non-hydrogen) atoms. The second kappa shape index (κ2) is 10.5. The van der Waals surface area contributed by atoms with Crippen LogP contribution in [0, 0.1) is 5.92 Å². The minimum Gasteiger partial charge on any atom is -0.357 e. The van der Waals surface area contributed by atoms with E-state index in [2.05, 4.69) is 66.0 Å². The fourth-order valence-electron chi connectivity index (χ4n) is 3.37. The Morgan fingerprint density at radius 3 is 2.72 bits per heavy atom. The highest BCUT2D eigenvalue weighted by atomic mass is 15.3. The van der Waals surface area contributed by atoms with Crippen LogP contribution in [0.3, 0.4) is 0 Å². The summed E-state index contributed by atoms with van der Waals surface area (Å²) in [5.74, 6) is 1.93. The molecule has 0 bridgehead atoms. The normalized spacial score (nSPS) is 17.0. The summed E-state index contributed by atoms with van der Waals surface area (Å²) in [6, 6.07) is 4.26. The van der Waals surface area contributed by atoms with Gasteiger partial charge in [0.15, 0.2) is 5.96 Å². The smallest absolute Gasteiger partial charge is 0.194 e. The highest BCUT2D eigenvalue weighted by molar-refractivity contribution is 5.79. The van der Waals surface area contributed by atoms with Gasteiger partial charge in [0.1, 0.15) is 0 Å². The molecule has 0 unspecified atom stereocenters. The van der Waals surface area contributed by atoms with Crippen molar-refractivity contribution in [3.63, 3.8) is 0 Å². The maximum absolute atomic E-state index is 4.82. The second-order valence-electron chi connectivity index (χ2n) is 7.43. The third kappa shape index (κ3) is 6.73. The standard InChI is InChI=1S/C20H37N5/c1-5-21-20(24(4)17-19-9-8-13-23(19)3)22-12-6-7-14-25-15-10-18(2)11-16-25/h8-9,13,18H,5-7,10-12,14-17H2,1-4H3,(H,21,22). The van der Waals surface area contributed by atoms with Gasteiger partial charge in [-0.2, -0.15) is 0 Å². The zero-order valence-corrected chi connectivity index (χ0v) is 16.7. The summed E-state index contributed by atoms with van der Waals surface area (Å²) in [6.45, 7) is 11.0. The summed E-state index contributed by atoms with van der Waals surface area (Å²) in [5, 5.41) is 3.42. The molecule has 5 heteroatoms. The summed E-state index contributed by atoms with van der Waals surface area (Å²) in [4.78, 5) is 9.66. The van der Waals surface area contributed by atoms with E-state index in [0.717, 1.165) is 31.5 Å². The Hall–Kier alpha value is -1.49. The Morgan fingerprint density at radius 1 is 1.32 bits per heavy atom. The van der Waals surface area contributed by atoms with Crippen LogP contribution in [0.15, 0.2) is 23.3 Å². The van der Waals surface area contributed by atoms with Gasteiger partial charge in [0.05, 0.1) is 6.54 Å². The number of aryl methyl sites for hydroxylation is 1. The first kappa shape index (κ1) is 19.8. The molecule has 1 fully saturated rings. The number of hydrogen-bond acceptors (Lipinski definition) is 2. The van der Waals surface area contributed by atoms with Crippen LogP contribution in [0.2, 0.25) is 0 Å². The molecule has 0 spiro atoms. The average molecular weight is 348 g/mol. The molecule has 1 aliphatic rings. The van der Waals surface area contributed by atoms with E-state index in [1.165, 1.54) is 51.0 Å². The van der Waals surface area contributed by atoms with Crippen molar-refractivity contribution >= 4 is 5.96 Å². The first-order valence-electron chi connectivity index (χ1n) is 9.92. The van der Waals surface area contributed by atoms with E-state index < -0.39 is 0 Å². The summed E-state index contributed by atoms with van der Waals surface area (Å²) >= 11 is 0. The van der Waals surface area contributed by atoms with Crippen LogP contribution < -0.4 is 5.32 Å². The number of rotatable bonds is 8. The highest BCUT2D eigenvalue weighted by Crippen LogP contribution is 2.16. The summed E-state index contributed by atoms with van der Waals surface area (Å²) < 4.78 is 2.17. The lowest BCUT2D eigenvalue weighted by molar-refractivity contribution is 0.190. The third-order valence-electron chi connectivity index (χ3n) is 5.17. The number of hydrogen-bond donors (Lipinski definition) is 1. The Labute approximate surface area is 154 Å². The maximum atomic E-state index is 4.82. The van der Waals surface area contributed by atoms with E-state index in [-0.39, 0.29) is 0 Å². The highest BCUT2D eigenvalue weighted by Gasteiger charge is 2.14. The summed E-state index contributed by atoms with van der Waals surface area (Å²) in [6.07, 6.45) is 7.24. The second-order valence-corrected chi connectivity index (χ2v) is 7.43. The van der Waals surface area contributed by atoms with Crippen LogP contribution in [-0.4, -0.2) is 60.1 Å². The van der Waals surface area contributed by atoms with Crippen molar-refractivity contribution < 1.29 is 0 Å². The summed E-state index contributed by atoms with van der Waals surface area (Å²) in [5.41, 5.74) is 1.30. The molecule has 1 aliphatic heterocycles. The lowest BCUT2D eigenvalue weighted by atomic mass is 9.99. The van der Waals surface area contributed by atoms with E-state index in [9.17, 15) is 0 Å². The van der Waals surface area contributed by atoms with Gasteiger partial charge >= 0.3 is 0 Å². The van der Waals surface area contributed by atoms with Crippen molar-refractivity contribution in [1.82, 2.24) is 19.7 Å². The summed E-state index contributed by atoms with van der Waals surface area (Å²) in [7, 11) is 4.21. The van der Waals surface area contributed by atoms with Crippen LogP contribution in [0.4, 0.5) is 0 Å². The molecule has 0 saturated carbocycles. The molecular formula is C20H37N5. The first-order chi connectivity index (χ1) is 12.1. The van der Waals surface area contributed by atoms with Crippen LogP contribution in [0.1, 0.15) is 45.2 Å². The van der Waals surface area contributed by atoms with E-state index in [4.69, 9.17) is 4.99 Å². The topological polar surface area (TPSA) is 35.8 Å². The largest absolute Gasteiger partial charge is 0.357 e. The van der Waals surface area contributed by atoms with E-state index >= 15 is 0 Å². The third-order valence-corrected chi connectivity index (χ3v) is 5.17. The fourth-order valence-corrected chi connectivity index (χ4v) is 3.37. The molecule has 1 aromatic rings. The lowest BCUT2D eigenvalue weighted by Gasteiger charge is -2.30. The van der Waals surface area contributed by atoms with E-state index in [1.54, 1.807) is 0 Å². The Balaban J connectivity index is 1.72. The Bertz CT molecular complexity index is 514. The molecule has 0 aliphatic carbocycles. The minimum absolute atomic E-state index is 0.876. The van der Waals surface area contributed by atoms with E-state index in [1.807, 2.05) is 0 Å². The molecular weight excluding hydrogens is 310 g/mol. The molecule has 142 valence electrons. The van der Waals surface area contributed by atoms with E-state index in [0.29, 0.717) is 0 Å². The maximum Gasteiger partial charge on any atom is 0.194 e. The van der Waals surface area contributed by atoms with Crippen LogP contribution in [0.5, 0.6) is 0 Å². The number of likely N-dealkylation sites (tertiary alicyclic amines) is 1. The molecule has 0 atom stereocenters. The molecule has 5 nitrogen and oxygen atoms in total. The average Bonchev–Trinajstić information content (AvgIpc) is 3.00. The molecule has 1 aromatic heterocycles. The quantitative estimate of drug-likeness (QED) is 0.446. The van der Waals surface area contributed by atoms with Crippen molar-refractivity contribution in [2.75, 3.05) is 39.8 Å². The molecule has 0 aromatic carbocycles. The van der Waals surface area contributed by atoms with Crippen LogP contribution >= 0.6 is 0 Å². The molecule has 0 radical (unpaired) electrons. The van der Waals surface area contributed by atoms with Crippen molar-refractivity contribution in [2.24, 2.45) is 18.0 Å². The van der Waals surface area contributed by atoms with Gasteiger partial charge in [-0.1, -0.05) is 6.92 Å². The van der Waals surface area contributed by atoms with Crippen molar-refractivity contribution in [1.29, 1.82) is 0 Å². The number of aliphatic imine (C=N–C) groups is 1. The number of nitrogens with zero attached hydrogens (tertiary/aromatic N) is 4. The lowest BCUT2D eigenvalue weighted by Crippen LogP contribution is -2.39. The van der Waals surface area contributed by atoms with Crippen molar-refractivity contribution in [3.05, 3.63) is 24.0 Å². The number of guanidine groups is 1. The number of unbranched alkanes of at least 4 members (excludes halogenated alkanes) is 1. The number of aromatic nitrogens is 1. The zero-order chi connectivity index (χ0) is 18.1. The Kier molecular flexibility index (Phi) is 8.32. The van der Waals surface area contributed by atoms with Gasteiger partial charge in [-0.05, 0) is 70.3 Å². The predicted octanol–water partition coefficient (Wildman–Crippen LogP) is 2.93. The van der Waals surface area contributed by atoms with Gasteiger partial charge in [-0.25, -0.2) is 0 Å². The zero-order valence-electron chi connectivity index (χ0n) is 16.7. The SMILES string of the molecule is CCNC(=NCCCCN1CCC(C)CC1)N(C)Cc1cccn1C.